The van der Waals surface area contributed by atoms with Crippen molar-refractivity contribution >= 4 is 5.91 Å². The highest BCUT2D eigenvalue weighted by Crippen LogP contribution is 2.40. The summed E-state index contributed by atoms with van der Waals surface area (Å²) in [4.78, 5) is 18.4. The van der Waals surface area contributed by atoms with Gasteiger partial charge in [0.25, 0.3) is 5.89 Å². The van der Waals surface area contributed by atoms with Crippen LogP contribution in [0.3, 0.4) is 0 Å². The molecule has 0 aliphatic heterocycles. The lowest BCUT2D eigenvalue weighted by Gasteiger charge is -2.28. The Morgan fingerprint density at radius 3 is 2.88 bits per heavy atom. The first-order chi connectivity index (χ1) is 15.9. The molecule has 170 valence electrons. The molecule has 0 saturated heterocycles. The second kappa shape index (κ2) is 9.43. The standard InChI is InChI=1S/C25H26N4O4/c1-15(2)32-23-10-7-17(13-18(23)14-26)25-27-24(28-33-25)21-6-4-5-20-19(21)8-9-22(20)29(11-12-30)16(3)31/h4-7,10,13,15,22,30H,8-9,11-12H2,1-3H3. The van der Waals surface area contributed by atoms with E-state index < -0.39 is 0 Å². The van der Waals surface area contributed by atoms with Gasteiger partial charge in [-0.25, -0.2) is 0 Å². The van der Waals surface area contributed by atoms with Crippen molar-refractivity contribution in [3.05, 3.63) is 53.1 Å². The average Bonchev–Trinajstić information content (AvgIpc) is 3.45. The Bertz CT molecular complexity index is 1210. The molecule has 0 spiro atoms. The summed E-state index contributed by atoms with van der Waals surface area (Å²) in [5.74, 6) is 1.23. The molecule has 1 N–H and O–H groups in total. The van der Waals surface area contributed by atoms with Gasteiger partial charge in [-0.15, -0.1) is 0 Å². The maximum Gasteiger partial charge on any atom is 0.258 e. The molecule has 0 saturated carbocycles. The maximum atomic E-state index is 12.1. The van der Waals surface area contributed by atoms with Crippen molar-refractivity contribution in [2.75, 3.05) is 13.2 Å². The fraction of sp³-hybridized carbons (Fsp3) is 0.360. The highest BCUT2D eigenvalue weighted by Gasteiger charge is 2.31. The zero-order chi connectivity index (χ0) is 23.5. The van der Waals surface area contributed by atoms with Gasteiger partial charge in [-0.2, -0.15) is 10.2 Å². The van der Waals surface area contributed by atoms with Crippen LogP contribution in [0.25, 0.3) is 22.8 Å². The lowest BCUT2D eigenvalue weighted by atomic mass is 10.0. The predicted octanol–water partition coefficient (Wildman–Crippen LogP) is 3.89. The third kappa shape index (κ3) is 4.45. The Balaban J connectivity index is 1.66. The summed E-state index contributed by atoms with van der Waals surface area (Å²) in [5, 5.41) is 23.1. The van der Waals surface area contributed by atoms with Crippen molar-refractivity contribution in [3.63, 3.8) is 0 Å². The van der Waals surface area contributed by atoms with Gasteiger partial charge in [0, 0.05) is 24.6 Å². The number of rotatable bonds is 7. The van der Waals surface area contributed by atoms with Crippen LogP contribution in [0.4, 0.5) is 0 Å². The molecule has 1 unspecified atom stereocenters. The van der Waals surface area contributed by atoms with Gasteiger partial charge in [0.2, 0.25) is 11.7 Å². The molecule has 1 heterocycles. The smallest absolute Gasteiger partial charge is 0.258 e. The van der Waals surface area contributed by atoms with Gasteiger partial charge in [-0.1, -0.05) is 23.4 Å². The van der Waals surface area contributed by atoms with Crippen LogP contribution in [0.2, 0.25) is 0 Å². The van der Waals surface area contributed by atoms with E-state index in [0.717, 1.165) is 29.5 Å². The predicted molar refractivity (Wildman–Crippen MR) is 121 cm³/mol. The quantitative estimate of drug-likeness (QED) is 0.586. The molecule has 1 atom stereocenters. The zero-order valence-electron chi connectivity index (χ0n) is 18.9. The maximum absolute atomic E-state index is 12.1. The third-order valence-electron chi connectivity index (χ3n) is 5.74. The van der Waals surface area contributed by atoms with Gasteiger partial charge < -0.3 is 19.3 Å². The largest absolute Gasteiger partial charge is 0.490 e. The SMILES string of the molecule is CC(=O)N(CCO)C1CCc2c(-c3noc(-c4ccc(OC(C)C)c(C#N)c4)n3)cccc21. The van der Waals surface area contributed by atoms with E-state index in [-0.39, 0.29) is 24.7 Å². The molecule has 1 aromatic heterocycles. The fourth-order valence-electron chi connectivity index (χ4n) is 4.36. The first-order valence-corrected chi connectivity index (χ1v) is 11.0. The van der Waals surface area contributed by atoms with Crippen molar-refractivity contribution in [1.82, 2.24) is 15.0 Å². The topological polar surface area (TPSA) is 112 Å². The third-order valence-corrected chi connectivity index (χ3v) is 5.74. The number of benzene rings is 2. The molecule has 8 nitrogen and oxygen atoms in total. The summed E-state index contributed by atoms with van der Waals surface area (Å²) >= 11 is 0. The first-order valence-electron chi connectivity index (χ1n) is 11.0. The Kier molecular flexibility index (Phi) is 6.43. The van der Waals surface area contributed by atoms with Crippen molar-refractivity contribution in [2.24, 2.45) is 0 Å². The summed E-state index contributed by atoms with van der Waals surface area (Å²) in [7, 11) is 0. The second-order valence-electron chi connectivity index (χ2n) is 8.28. The summed E-state index contributed by atoms with van der Waals surface area (Å²) in [5.41, 5.74) is 4.02. The van der Waals surface area contributed by atoms with Crippen LogP contribution < -0.4 is 4.74 Å². The van der Waals surface area contributed by atoms with E-state index in [0.29, 0.717) is 35.1 Å². The van der Waals surface area contributed by atoms with Gasteiger partial charge in [0.15, 0.2) is 0 Å². The molecule has 8 heteroatoms. The lowest BCUT2D eigenvalue weighted by Crippen LogP contribution is -2.34. The summed E-state index contributed by atoms with van der Waals surface area (Å²) in [6, 6.07) is 13.2. The zero-order valence-corrected chi connectivity index (χ0v) is 18.9. The highest BCUT2D eigenvalue weighted by molar-refractivity contribution is 5.75. The van der Waals surface area contributed by atoms with Crippen LogP contribution >= 0.6 is 0 Å². The summed E-state index contributed by atoms with van der Waals surface area (Å²) in [6.07, 6.45) is 1.51. The molecule has 4 rings (SSSR count). The van der Waals surface area contributed by atoms with Crippen LogP contribution in [-0.4, -0.2) is 45.3 Å². The van der Waals surface area contributed by atoms with E-state index in [1.165, 1.54) is 6.92 Å². The number of fused-ring (bicyclic) bond motifs is 1. The van der Waals surface area contributed by atoms with Crippen molar-refractivity contribution in [2.45, 2.75) is 45.8 Å². The van der Waals surface area contributed by atoms with Gasteiger partial charge in [-0.05, 0) is 56.0 Å². The number of nitriles is 1. The summed E-state index contributed by atoms with van der Waals surface area (Å²) < 4.78 is 11.2. The number of nitrogens with zero attached hydrogens (tertiary/aromatic N) is 4. The van der Waals surface area contributed by atoms with Gasteiger partial charge in [-0.3, -0.25) is 4.79 Å². The molecule has 1 aliphatic rings. The number of carbonyl (C=O) groups excluding carboxylic acids is 1. The molecule has 1 amide bonds. The number of hydrogen-bond donors (Lipinski definition) is 1. The average molecular weight is 447 g/mol. The molecular weight excluding hydrogens is 420 g/mol. The van der Waals surface area contributed by atoms with E-state index in [1.807, 2.05) is 32.0 Å². The van der Waals surface area contributed by atoms with Crippen LogP contribution in [-0.2, 0) is 11.2 Å². The molecule has 3 aromatic rings. The number of aliphatic hydroxyl groups excluding tert-OH is 1. The number of aromatic nitrogens is 2. The fourth-order valence-corrected chi connectivity index (χ4v) is 4.36. The lowest BCUT2D eigenvalue weighted by molar-refractivity contribution is -0.131. The molecule has 0 bridgehead atoms. The van der Waals surface area contributed by atoms with Crippen molar-refractivity contribution < 1.29 is 19.2 Å². The van der Waals surface area contributed by atoms with E-state index in [2.05, 4.69) is 16.2 Å². The first kappa shape index (κ1) is 22.5. The number of aliphatic hydroxyl groups is 1. The number of amides is 1. The van der Waals surface area contributed by atoms with Crippen LogP contribution in [0, 0.1) is 11.3 Å². The van der Waals surface area contributed by atoms with Crippen LogP contribution in [0.1, 0.15) is 49.9 Å². The van der Waals surface area contributed by atoms with Crippen LogP contribution in [0.15, 0.2) is 40.9 Å². The highest BCUT2D eigenvalue weighted by atomic mass is 16.5. The Morgan fingerprint density at radius 1 is 1.36 bits per heavy atom. The van der Waals surface area contributed by atoms with E-state index in [9.17, 15) is 15.2 Å². The number of hydrogen-bond acceptors (Lipinski definition) is 7. The minimum absolute atomic E-state index is 0.0433. The van der Waals surface area contributed by atoms with Crippen molar-refractivity contribution in [1.29, 1.82) is 5.26 Å². The van der Waals surface area contributed by atoms with E-state index in [1.54, 1.807) is 23.1 Å². The van der Waals surface area contributed by atoms with Gasteiger partial charge in [0.1, 0.15) is 11.8 Å². The summed E-state index contributed by atoms with van der Waals surface area (Å²) in [6.45, 7) is 5.55. The molecule has 0 fully saturated rings. The normalized spacial score (nSPS) is 14.7. The van der Waals surface area contributed by atoms with Crippen LogP contribution in [0.5, 0.6) is 5.75 Å². The second-order valence-corrected chi connectivity index (χ2v) is 8.28. The van der Waals surface area contributed by atoms with Gasteiger partial charge in [0.05, 0.1) is 24.3 Å². The monoisotopic (exact) mass is 446 g/mol. The van der Waals surface area contributed by atoms with E-state index in [4.69, 9.17) is 9.26 Å². The Labute approximate surface area is 192 Å². The molecule has 2 aromatic carbocycles. The van der Waals surface area contributed by atoms with Crippen molar-refractivity contribution in [3.8, 4) is 34.7 Å². The molecular formula is C25H26N4O4. The van der Waals surface area contributed by atoms with E-state index >= 15 is 0 Å². The number of ether oxygens (including phenoxy) is 1. The Morgan fingerprint density at radius 2 is 2.18 bits per heavy atom. The van der Waals surface area contributed by atoms with Gasteiger partial charge >= 0.3 is 0 Å². The molecule has 33 heavy (non-hydrogen) atoms. The molecule has 1 aliphatic carbocycles. The minimum atomic E-state index is -0.0809. The number of carbonyl (C=O) groups is 1. The Hall–Kier alpha value is -3.70. The minimum Gasteiger partial charge on any atom is -0.490 e. The molecule has 0 radical (unpaired) electrons.